The van der Waals surface area contributed by atoms with Gasteiger partial charge in [0.05, 0.1) is 16.1 Å². The highest BCUT2D eigenvalue weighted by atomic mass is 32.2. The second-order valence-corrected chi connectivity index (χ2v) is 5.78. The smallest absolute Gasteiger partial charge is 0.262 e. The van der Waals surface area contributed by atoms with E-state index in [4.69, 9.17) is 11.0 Å². The molecule has 0 aliphatic heterocycles. The van der Waals surface area contributed by atoms with Crippen molar-refractivity contribution in [1.82, 2.24) is 0 Å². The average molecular weight is 309 g/mol. The first-order valence-electron chi connectivity index (χ1n) is 5.61. The van der Waals surface area contributed by atoms with E-state index in [0.717, 1.165) is 30.3 Å². The number of hydrogen-bond acceptors (Lipinski definition) is 4. The lowest BCUT2D eigenvalue weighted by Crippen LogP contribution is -2.14. The third kappa shape index (κ3) is 3.09. The van der Waals surface area contributed by atoms with Gasteiger partial charge in [-0.1, -0.05) is 0 Å². The van der Waals surface area contributed by atoms with Crippen LogP contribution in [-0.4, -0.2) is 8.42 Å². The number of nitrogens with two attached hydrogens (primary N) is 1. The molecule has 0 aliphatic carbocycles. The summed E-state index contributed by atoms with van der Waals surface area (Å²) in [5.41, 5.74) is 4.87. The summed E-state index contributed by atoms with van der Waals surface area (Å²) < 4.78 is 52.9. The highest BCUT2D eigenvalue weighted by Gasteiger charge is 2.18. The number of benzene rings is 2. The van der Waals surface area contributed by atoms with Crippen LogP contribution in [0.2, 0.25) is 0 Å². The Hall–Kier alpha value is -2.66. The number of hydrogen-bond donors (Lipinski definition) is 2. The van der Waals surface area contributed by atoms with Gasteiger partial charge < -0.3 is 5.73 Å². The predicted molar refractivity (Wildman–Crippen MR) is 72.7 cm³/mol. The Bertz CT molecular complexity index is 845. The van der Waals surface area contributed by atoms with Crippen molar-refractivity contribution in [3.63, 3.8) is 0 Å². The third-order valence-electron chi connectivity index (χ3n) is 2.60. The van der Waals surface area contributed by atoms with Gasteiger partial charge in [0, 0.05) is 5.69 Å². The second kappa shape index (κ2) is 5.38. The highest BCUT2D eigenvalue weighted by Crippen LogP contribution is 2.22. The first-order valence-corrected chi connectivity index (χ1v) is 7.09. The Balaban J connectivity index is 2.44. The summed E-state index contributed by atoms with van der Waals surface area (Å²) in [7, 11) is -4.17. The lowest BCUT2D eigenvalue weighted by molar-refractivity contribution is 0.597. The van der Waals surface area contributed by atoms with Gasteiger partial charge in [0.15, 0.2) is 0 Å². The Morgan fingerprint density at radius 1 is 1.10 bits per heavy atom. The molecule has 0 fully saturated rings. The van der Waals surface area contributed by atoms with E-state index in [2.05, 4.69) is 0 Å². The first-order chi connectivity index (χ1) is 9.83. The molecule has 21 heavy (non-hydrogen) atoms. The minimum Gasteiger partial charge on any atom is -0.399 e. The maximum absolute atomic E-state index is 13.5. The minimum absolute atomic E-state index is 0.172. The number of nitrogens with zero attached hydrogens (tertiary/aromatic N) is 1. The van der Waals surface area contributed by atoms with E-state index in [9.17, 15) is 17.2 Å². The summed E-state index contributed by atoms with van der Waals surface area (Å²) in [6.45, 7) is 0. The molecule has 0 saturated carbocycles. The van der Waals surface area contributed by atoms with Crippen molar-refractivity contribution in [3.05, 3.63) is 53.6 Å². The molecule has 2 rings (SSSR count). The summed E-state index contributed by atoms with van der Waals surface area (Å²) in [5.74, 6) is -1.65. The van der Waals surface area contributed by atoms with Crippen molar-refractivity contribution in [1.29, 1.82) is 5.26 Å². The van der Waals surface area contributed by atoms with E-state index in [-0.39, 0.29) is 16.3 Å². The van der Waals surface area contributed by atoms with E-state index < -0.39 is 27.2 Å². The van der Waals surface area contributed by atoms with Gasteiger partial charge in [0.1, 0.15) is 17.7 Å². The van der Waals surface area contributed by atoms with Gasteiger partial charge in [-0.15, -0.1) is 0 Å². The van der Waals surface area contributed by atoms with Crippen LogP contribution < -0.4 is 10.5 Å². The normalized spacial score (nSPS) is 10.9. The van der Waals surface area contributed by atoms with Crippen molar-refractivity contribution in [3.8, 4) is 6.07 Å². The van der Waals surface area contributed by atoms with Crippen molar-refractivity contribution in [2.45, 2.75) is 4.90 Å². The molecular weight excluding hydrogens is 300 g/mol. The van der Waals surface area contributed by atoms with Crippen LogP contribution in [0.15, 0.2) is 41.3 Å². The molecule has 108 valence electrons. The van der Waals surface area contributed by atoms with Gasteiger partial charge >= 0.3 is 0 Å². The third-order valence-corrected chi connectivity index (χ3v) is 3.97. The van der Waals surface area contributed by atoms with Crippen molar-refractivity contribution < 1.29 is 17.2 Å². The van der Waals surface area contributed by atoms with Crippen LogP contribution in [0.25, 0.3) is 0 Å². The Morgan fingerprint density at radius 3 is 2.43 bits per heavy atom. The van der Waals surface area contributed by atoms with Gasteiger partial charge in [-0.3, -0.25) is 4.72 Å². The summed E-state index contributed by atoms with van der Waals surface area (Å²) in [4.78, 5) is -0.359. The van der Waals surface area contributed by atoms with E-state index in [1.165, 1.54) is 12.1 Å². The maximum Gasteiger partial charge on any atom is 0.262 e. The topological polar surface area (TPSA) is 96.0 Å². The van der Waals surface area contributed by atoms with E-state index in [0.29, 0.717) is 0 Å². The van der Waals surface area contributed by atoms with Gasteiger partial charge in [-0.25, -0.2) is 17.2 Å². The largest absolute Gasteiger partial charge is 0.399 e. The monoisotopic (exact) mass is 309 g/mol. The summed E-state index contributed by atoms with van der Waals surface area (Å²) >= 11 is 0. The number of rotatable bonds is 3. The Labute approximate surface area is 119 Å². The minimum atomic E-state index is -4.17. The Morgan fingerprint density at radius 2 is 1.76 bits per heavy atom. The van der Waals surface area contributed by atoms with Crippen LogP contribution >= 0.6 is 0 Å². The molecule has 2 aromatic carbocycles. The summed E-state index contributed by atoms with van der Waals surface area (Å²) in [6.07, 6.45) is 0. The fraction of sp³-hybridized carbons (Fsp3) is 0. The highest BCUT2D eigenvalue weighted by molar-refractivity contribution is 7.92. The van der Waals surface area contributed by atoms with E-state index in [1.54, 1.807) is 0 Å². The molecule has 0 aromatic heterocycles. The summed E-state index contributed by atoms with van der Waals surface area (Å²) in [6, 6.07) is 7.62. The molecule has 8 heteroatoms. The number of nitriles is 1. The van der Waals surface area contributed by atoms with Gasteiger partial charge in [-0.2, -0.15) is 5.26 Å². The SMILES string of the molecule is N#Cc1cc(S(=O)(=O)Nc2cc(N)ccc2F)ccc1F. The molecule has 0 aliphatic rings. The molecule has 0 heterocycles. The van der Waals surface area contributed by atoms with Crippen LogP contribution in [0.3, 0.4) is 0 Å². The molecular formula is C13H9F2N3O2S. The van der Waals surface area contributed by atoms with Crippen LogP contribution in [0.1, 0.15) is 5.56 Å². The molecule has 0 bridgehead atoms. The zero-order chi connectivity index (χ0) is 15.6. The predicted octanol–water partition coefficient (Wildman–Crippen LogP) is 2.22. The van der Waals surface area contributed by atoms with Crippen LogP contribution in [-0.2, 0) is 10.0 Å². The molecule has 0 spiro atoms. The van der Waals surface area contributed by atoms with Crippen molar-refractivity contribution in [2.75, 3.05) is 10.5 Å². The zero-order valence-corrected chi connectivity index (χ0v) is 11.3. The average Bonchev–Trinajstić information content (AvgIpc) is 2.43. The van der Waals surface area contributed by atoms with Crippen LogP contribution in [0, 0.1) is 23.0 Å². The maximum atomic E-state index is 13.5. The molecule has 0 unspecified atom stereocenters. The second-order valence-electron chi connectivity index (χ2n) is 4.10. The van der Waals surface area contributed by atoms with Gasteiger partial charge in [0.25, 0.3) is 10.0 Å². The molecule has 0 saturated heterocycles. The van der Waals surface area contributed by atoms with Crippen molar-refractivity contribution >= 4 is 21.4 Å². The fourth-order valence-electron chi connectivity index (χ4n) is 1.58. The molecule has 5 nitrogen and oxygen atoms in total. The molecule has 0 radical (unpaired) electrons. The molecule has 3 N–H and O–H groups in total. The molecule has 0 amide bonds. The quantitative estimate of drug-likeness (QED) is 0.850. The number of nitrogen functional groups attached to an aromatic ring is 1. The first kappa shape index (κ1) is 14.7. The lowest BCUT2D eigenvalue weighted by Gasteiger charge is -2.10. The van der Waals surface area contributed by atoms with E-state index >= 15 is 0 Å². The van der Waals surface area contributed by atoms with Gasteiger partial charge in [-0.05, 0) is 36.4 Å². The number of halogens is 2. The number of anilines is 2. The number of nitrogens with one attached hydrogen (secondary N) is 1. The zero-order valence-electron chi connectivity index (χ0n) is 10.5. The lowest BCUT2D eigenvalue weighted by atomic mass is 10.2. The van der Waals surface area contributed by atoms with Gasteiger partial charge in [0.2, 0.25) is 0 Å². The fourth-order valence-corrected chi connectivity index (χ4v) is 2.67. The van der Waals surface area contributed by atoms with Crippen LogP contribution in [0.5, 0.6) is 0 Å². The Kier molecular flexibility index (Phi) is 3.78. The van der Waals surface area contributed by atoms with E-state index in [1.807, 2.05) is 4.72 Å². The standard InChI is InChI=1S/C13H9F2N3O2S/c14-11-4-2-10(5-8(11)7-16)21(19,20)18-13-6-9(17)1-3-12(13)15/h1-6,18H,17H2. The summed E-state index contributed by atoms with van der Waals surface area (Å²) in [5, 5.41) is 8.70. The molecule has 0 atom stereocenters. The van der Waals surface area contributed by atoms with Crippen LogP contribution in [0.4, 0.5) is 20.2 Å². The molecule has 2 aromatic rings. The van der Waals surface area contributed by atoms with Crippen molar-refractivity contribution in [2.24, 2.45) is 0 Å². The number of sulfonamides is 1.